The Morgan fingerprint density at radius 1 is 1.44 bits per heavy atom. The van der Waals surface area contributed by atoms with Crippen LogP contribution in [0.2, 0.25) is 0 Å². The number of nitrogens with one attached hydrogen (secondary N) is 1. The van der Waals surface area contributed by atoms with Crippen LogP contribution in [0.3, 0.4) is 0 Å². The zero-order chi connectivity index (χ0) is 11.4. The number of ether oxygens (including phenoxy) is 1. The van der Waals surface area contributed by atoms with E-state index in [1.54, 1.807) is 7.11 Å². The maximum atomic E-state index is 5.08. The van der Waals surface area contributed by atoms with Gasteiger partial charge >= 0.3 is 0 Å². The summed E-state index contributed by atoms with van der Waals surface area (Å²) >= 11 is 0. The summed E-state index contributed by atoms with van der Waals surface area (Å²) in [7, 11) is 1.75. The second kappa shape index (κ2) is 5.46. The summed E-state index contributed by atoms with van der Waals surface area (Å²) in [5.41, 5.74) is 4.38. The Morgan fingerprint density at radius 2 is 2.31 bits per heavy atom. The molecule has 1 N–H and O–H groups in total. The van der Waals surface area contributed by atoms with Crippen LogP contribution in [0.1, 0.15) is 35.6 Å². The van der Waals surface area contributed by atoms with Gasteiger partial charge in [-0.3, -0.25) is 0 Å². The molecule has 0 heterocycles. The molecule has 1 aliphatic rings. The van der Waals surface area contributed by atoms with Crippen molar-refractivity contribution in [2.45, 2.75) is 32.2 Å². The minimum absolute atomic E-state index is 0.527. The fraction of sp³-hybridized carbons (Fsp3) is 0.571. The highest BCUT2D eigenvalue weighted by Crippen LogP contribution is 2.30. The van der Waals surface area contributed by atoms with E-state index < -0.39 is 0 Å². The third-order valence-electron chi connectivity index (χ3n) is 3.31. The Kier molecular flexibility index (Phi) is 3.97. The lowest BCUT2D eigenvalue weighted by Crippen LogP contribution is -2.28. The monoisotopic (exact) mass is 219 g/mol. The Bertz CT molecular complexity index is 349. The minimum atomic E-state index is 0.527. The van der Waals surface area contributed by atoms with E-state index in [1.165, 1.54) is 36.0 Å². The number of rotatable bonds is 4. The zero-order valence-corrected chi connectivity index (χ0v) is 10.3. The van der Waals surface area contributed by atoms with Gasteiger partial charge in [0.2, 0.25) is 0 Å². The smallest absolute Gasteiger partial charge is 0.0587 e. The molecule has 0 saturated carbocycles. The topological polar surface area (TPSA) is 21.3 Å². The maximum Gasteiger partial charge on any atom is 0.0587 e. The van der Waals surface area contributed by atoms with Crippen molar-refractivity contribution in [1.82, 2.24) is 5.32 Å². The Hall–Kier alpha value is -0.860. The molecule has 0 bridgehead atoms. The number of methoxy groups -OCH3 is 1. The molecular formula is C14H21NO. The van der Waals surface area contributed by atoms with Crippen LogP contribution in [0.15, 0.2) is 18.2 Å². The highest BCUT2D eigenvalue weighted by atomic mass is 16.5. The molecule has 88 valence electrons. The van der Waals surface area contributed by atoms with Gasteiger partial charge in [0.05, 0.1) is 6.61 Å². The van der Waals surface area contributed by atoms with Crippen molar-refractivity contribution < 1.29 is 4.74 Å². The highest BCUT2D eigenvalue weighted by Gasteiger charge is 2.19. The Balaban J connectivity index is 2.09. The zero-order valence-electron chi connectivity index (χ0n) is 10.3. The van der Waals surface area contributed by atoms with Crippen molar-refractivity contribution in [2.24, 2.45) is 0 Å². The summed E-state index contributed by atoms with van der Waals surface area (Å²) in [6, 6.07) is 7.36. The van der Waals surface area contributed by atoms with Crippen LogP contribution in [-0.2, 0) is 11.2 Å². The molecule has 0 saturated heterocycles. The lowest BCUT2D eigenvalue weighted by molar-refractivity contribution is 0.194. The summed E-state index contributed by atoms with van der Waals surface area (Å²) < 4.78 is 5.08. The molecule has 1 unspecified atom stereocenters. The predicted octanol–water partition coefficient (Wildman–Crippen LogP) is 2.61. The van der Waals surface area contributed by atoms with Gasteiger partial charge in [-0.1, -0.05) is 23.8 Å². The Labute approximate surface area is 98.0 Å². The number of hydrogen-bond donors (Lipinski definition) is 1. The molecule has 1 aromatic carbocycles. The maximum absolute atomic E-state index is 5.08. The predicted molar refractivity (Wildman–Crippen MR) is 66.7 cm³/mol. The first-order chi connectivity index (χ1) is 7.81. The molecule has 0 aromatic heterocycles. The summed E-state index contributed by atoms with van der Waals surface area (Å²) in [6.07, 6.45) is 3.78. The summed E-state index contributed by atoms with van der Waals surface area (Å²) in [5, 5.41) is 3.58. The number of aryl methyl sites for hydroxylation is 2. The molecular weight excluding hydrogens is 198 g/mol. The van der Waals surface area contributed by atoms with Crippen molar-refractivity contribution in [1.29, 1.82) is 0 Å². The lowest BCUT2D eigenvalue weighted by Gasteiger charge is -2.27. The molecule has 0 amide bonds. The van der Waals surface area contributed by atoms with E-state index >= 15 is 0 Å². The van der Waals surface area contributed by atoms with E-state index in [1.807, 2.05) is 0 Å². The second-order valence-electron chi connectivity index (χ2n) is 4.59. The van der Waals surface area contributed by atoms with E-state index in [9.17, 15) is 0 Å². The largest absolute Gasteiger partial charge is 0.383 e. The van der Waals surface area contributed by atoms with Crippen molar-refractivity contribution in [3.8, 4) is 0 Å². The van der Waals surface area contributed by atoms with Gasteiger partial charge in [0.15, 0.2) is 0 Å². The molecule has 16 heavy (non-hydrogen) atoms. The van der Waals surface area contributed by atoms with Gasteiger partial charge in [-0.05, 0) is 37.3 Å². The molecule has 1 aromatic rings. The quantitative estimate of drug-likeness (QED) is 0.786. The molecule has 0 spiro atoms. The lowest BCUT2D eigenvalue weighted by atomic mass is 9.86. The average Bonchev–Trinajstić information content (AvgIpc) is 2.30. The molecule has 0 radical (unpaired) electrons. The van der Waals surface area contributed by atoms with Crippen LogP contribution >= 0.6 is 0 Å². The van der Waals surface area contributed by atoms with Crippen LogP contribution < -0.4 is 5.32 Å². The standard InChI is InChI=1S/C14H21NO/c1-11-6-7-12-4-3-5-14(13(12)10-11)15-8-9-16-2/h6-7,10,14-15H,3-5,8-9H2,1-2H3. The van der Waals surface area contributed by atoms with Gasteiger partial charge in [-0.2, -0.15) is 0 Å². The van der Waals surface area contributed by atoms with Crippen LogP contribution in [0.25, 0.3) is 0 Å². The van der Waals surface area contributed by atoms with E-state index in [0.717, 1.165) is 13.2 Å². The van der Waals surface area contributed by atoms with Crippen LogP contribution in [0, 0.1) is 6.92 Å². The van der Waals surface area contributed by atoms with Gasteiger partial charge in [0.1, 0.15) is 0 Å². The summed E-state index contributed by atoms with van der Waals surface area (Å²) in [5.74, 6) is 0. The molecule has 2 nitrogen and oxygen atoms in total. The van der Waals surface area contributed by atoms with E-state index in [0.29, 0.717) is 6.04 Å². The molecule has 0 fully saturated rings. The minimum Gasteiger partial charge on any atom is -0.383 e. The van der Waals surface area contributed by atoms with Gasteiger partial charge in [0, 0.05) is 19.7 Å². The van der Waals surface area contributed by atoms with Crippen LogP contribution in [0.4, 0.5) is 0 Å². The fourth-order valence-electron chi connectivity index (χ4n) is 2.47. The Morgan fingerprint density at radius 3 is 3.12 bits per heavy atom. The molecule has 0 aliphatic heterocycles. The normalized spacial score (nSPS) is 19.5. The molecule has 2 heteroatoms. The van der Waals surface area contributed by atoms with Crippen molar-refractivity contribution in [3.63, 3.8) is 0 Å². The van der Waals surface area contributed by atoms with Crippen LogP contribution in [-0.4, -0.2) is 20.3 Å². The first-order valence-corrected chi connectivity index (χ1v) is 6.13. The number of hydrogen-bond acceptors (Lipinski definition) is 2. The van der Waals surface area contributed by atoms with Crippen molar-refractivity contribution in [3.05, 3.63) is 34.9 Å². The fourth-order valence-corrected chi connectivity index (χ4v) is 2.47. The van der Waals surface area contributed by atoms with Gasteiger partial charge in [-0.15, -0.1) is 0 Å². The van der Waals surface area contributed by atoms with E-state index in [-0.39, 0.29) is 0 Å². The van der Waals surface area contributed by atoms with Gasteiger partial charge in [-0.25, -0.2) is 0 Å². The number of fused-ring (bicyclic) bond motifs is 1. The number of benzene rings is 1. The summed E-state index contributed by atoms with van der Waals surface area (Å²) in [6.45, 7) is 3.90. The summed E-state index contributed by atoms with van der Waals surface area (Å²) in [4.78, 5) is 0. The van der Waals surface area contributed by atoms with Crippen molar-refractivity contribution >= 4 is 0 Å². The first-order valence-electron chi connectivity index (χ1n) is 6.13. The van der Waals surface area contributed by atoms with Gasteiger partial charge in [0.25, 0.3) is 0 Å². The highest BCUT2D eigenvalue weighted by molar-refractivity contribution is 5.35. The van der Waals surface area contributed by atoms with Crippen molar-refractivity contribution in [2.75, 3.05) is 20.3 Å². The van der Waals surface area contributed by atoms with Gasteiger partial charge < -0.3 is 10.1 Å². The SMILES string of the molecule is COCCNC1CCCc2ccc(C)cc21. The molecule has 1 atom stereocenters. The second-order valence-corrected chi connectivity index (χ2v) is 4.59. The third-order valence-corrected chi connectivity index (χ3v) is 3.31. The first kappa shape index (κ1) is 11.6. The molecule has 2 rings (SSSR count). The van der Waals surface area contributed by atoms with E-state index in [2.05, 4.69) is 30.4 Å². The molecule has 1 aliphatic carbocycles. The average molecular weight is 219 g/mol. The van der Waals surface area contributed by atoms with E-state index in [4.69, 9.17) is 4.74 Å². The van der Waals surface area contributed by atoms with Crippen LogP contribution in [0.5, 0.6) is 0 Å². The third kappa shape index (κ3) is 2.63.